The third kappa shape index (κ3) is 2.28. The zero-order chi connectivity index (χ0) is 15.7. The molecule has 0 radical (unpaired) electrons. The number of nitrogens with one attached hydrogen (secondary N) is 1. The van der Waals surface area contributed by atoms with Crippen LogP contribution in [0.5, 0.6) is 0 Å². The maximum atomic E-state index is 12.2. The van der Waals surface area contributed by atoms with Crippen LogP contribution in [-0.4, -0.2) is 24.6 Å². The summed E-state index contributed by atoms with van der Waals surface area (Å²) in [4.78, 5) is 26.3. The van der Waals surface area contributed by atoms with Crippen molar-refractivity contribution < 1.29 is 14.3 Å². The summed E-state index contributed by atoms with van der Waals surface area (Å²) < 4.78 is 5.16. The van der Waals surface area contributed by atoms with E-state index in [1.165, 1.54) is 0 Å². The van der Waals surface area contributed by atoms with Gasteiger partial charge < -0.3 is 15.0 Å². The van der Waals surface area contributed by atoms with Crippen molar-refractivity contribution in [3.8, 4) is 0 Å². The fourth-order valence-electron chi connectivity index (χ4n) is 3.03. The third-order valence-corrected chi connectivity index (χ3v) is 4.06. The molecule has 5 nitrogen and oxygen atoms in total. The standard InChI is InChI=1S/C17H18N2O3/c1-3-10-22-17(21)12-8-9-15-18-16(20)13-6-4-5-7-14(13)19(15)11(12)2/h3-7,15H,1,8-10H2,2H3,(H,18,20). The molecule has 114 valence electrons. The first-order chi connectivity index (χ1) is 10.6. The highest BCUT2D eigenvalue weighted by atomic mass is 16.5. The van der Waals surface area contributed by atoms with E-state index in [4.69, 9.17) is 4.74 Å². The lowest BCUT2D eigenvalue weighted by atomic mass is 9.96. The number of hydrogen-bond acceptors (Lipinski definition) is 4. The summed E-state index contributed by atoms with van der Waals surface area (Å²) in [7, 11) is 0. The van der Waals surface area contributed by atoms with Crippen molar-refractivity contribution in [2.75, 3.05) is 11.5 Å². The predicted molar refractivity (Wildman–Crippen MR) is 83.3 cm³/mol. The maximum absolute atomic E-state index is 12.2. The fraction of sp³-hybridized carbons (Fsp3) is 0.294. The van der Waals surface area contributed by atoms with Gasteiger partial charge in [-0.2, -0.15) is 0 Å². The Morgan fingerprint density at radius 2 is 2.27 bits per heavy atom. The van der Waals surface area contributed by atoms with Crippen molar-refractivity contribution in [2.24, 2.45) is 0 Å². The van der Waals surface area contributed by atoms with Crippen LogP contribution >= 0.6 is 0 Å². The number of ether oxygens (including phenoxy) is 1. The second-order valence-electron chi connectivity index (χ2n) is 5.37. The van der Waals surface area contributed by atoms with Gasteiger partial charge in [0.15, 0.2) is 0 Å². The first-order valence-corrected chi connectivity index (χ1v) is 7.30. The molecule has 5 heteroatoms. The minimum Gasteiger partial charge on any atom is -0.458 e. The number of rotatable bonds is 3. The largest absolute Gasteiger partial charge is 0.458 e. The summed E-state index contributed by atoms with van der Waals surface area (Å²) >= 11 is 0. The lowest BCUT2D eigenvalue weighted by Crippen LogP contribution is -2.54. The van der Waals surface area contributed by atoms with Gasteiger partial charge in [-0.15, -0.1) is 0 Å². The number of anilines is 1. The molecular formula is C17H18N2O3. The Morgan fingerprint density at radius 1 is 1.50 bits per heavy atom. The number of benzene rings is 1. The maximum Gasteiger partial charge on any atom is 0.336 e. The first kappa shape index (κ1) is 14.4. The molecule has 1 unspecified atom stereocenters. The molecule has 0 fully saturated rings. The Hall–Kier alpha value is -2.56. The molecule has 1 amide bonds. The molecule has 0 saturated carbocycles. The summed E-state index contributed by atoms with van der Waals surface area (Å²) in [5.74, 6) is -0.382. The molecule has 1 atom stereocenters. The van der Waals surface area contributed by atoms with E-state index in [0.29, 0.717) is 24.0 Å². The Kier molecular flexibility index (Phi) is 3.71. The zero-order valence-electron chi connectivity index (χ0n) is 12.5. The number of amides is 1. The van der Waals surface area contributed by atoms with Crippen molar-refractivity contribution in [3.63, 3.8) is 0 Å². The SMILES string of the molecule is C=CCOC(=O)C1=C(C)N2c3ccccc3C(=O)NC2CC1. The number of para-hydroxylation sites is 1. The summed E-state index contributed by atoms with van der Waals surface area (Å²) in [6.45, 7) is 5.64. The molecule has 0 aromatic heterocycles. The van der Waals surface area contributed by atoms with Crippen molar-refractivity contribution in [2.45, 2.75) is 25.9 Å². The van der Waals surface area contributed by atoms with Crippen molar-refractivity contribution in [3.05, 3.63) is 53.8 Å². The lowest BCUT2D eigenvalue weighted by Gasteiger charge is -2.43. The van der Waals surface area contributed by atoms with Gasteiger partial charge in [-0.25, -0.2) is 4.79 Å². The molecular weight excluding hydrogens is 280 g/mol. The number of hydrogen-bond donors (Lipinski definition) is 1. The van der Waals surface area contributed by atoms with Crippen LogP contribution in [0.1, 0.15) is 30.1 Å². The van der Waals surface area contributed by atoms with E-state index in [1.54, 1.807) is 12.1 Å². The molecule has 0 spiro atoms. The average Bonchev–Trinajstić information content (AvgIpc) is 2.53. The predicted octanol–water partition coefficient (Wildman–Crippen LogP) is 2.36. The highest BCUT2D eigenvalue weighted by molar-refractivity contribution is 6.03. The number of nitrogens with zero attached hydrogens (tertiary/aromatic N) is 1. The van der Waals surface area contributed by atoms with Crippen molar-refractivity contribution in [1.29, 1.82) is 0 Å². The molecule has 1 N–H and O–H groups in total. The smallest absolute Gasteiger partial charge is 0.336 e. The molecule has 0 saturated heterocycles. The van der Waals surface area contributed by atoms with Crippen LogP contribution in [0.2, 0.25) is 0 Å². The number of esters is 1. The van der Waals surface area contributed by atoms with Gasteiger partial charge in [0.25, 0.3) is 5.91 Å². The van der Waals surface area contributed by atoms with Gasteiger partial charge in [0.05, 0.1) is 16.8 Å². The van der Waals surface area contributed by atoms with E-state index in [-0.39, 0.29) is 24.6 Å². The summed E-state index contributed by atoms with van der Waals surface area (Å²) in [6, 6.07) is 7.42. The van der Waals surface area contributed by atoms with Crippen LogP contribution in [0.15, 0.2) is 48.2 Å². The normalized spacial score (nSPS) is 20.0. The fourth-order valence-corrected chi connectivity index (χ4v) is 3.03. The number of carbonyl (C=O) groups is 2. The molecule has 1 aromatic carbocycles. The quantitative estimate of drug-likeness (QED) is 0.687. The van der Waals surface area contributed by atoms with Gasteiger partial charge in [-0.1, -0.05) is 24.8 Å². The van der Waals surface area contributed by atoms with E-state index in [1.807, 2.05) is 30.0 Å². The van der Waals surface area contributed by atoms with Gasteiger partial charge in [-0.05, 0) is 31.9 Å². The highest BCUT2D eigenvalue weighted by Gasteiger charge is 2.36. The summed E-state index contributed by atoms with van der Waals surface area (Å²) in [6.07, 6.45) is 2.70. The number of fused-ring (bicyclic) bond motifs is 3. The Labute approximate surface area is 129 Å². The summed E-state index contributed by atoms with van der Waals surface area (Å²) in [5, 5.41) is 2.99. The second-order valence-corrected chi connectivity index (χ2v) is 5.37. The minimum atomic E-state index is -0.315. The van der Waals surface area contributed by atoms with Crippen LogP contribution in [-0.2, 0) is 9.53 Å². The Bertz CT molecular complexity index is 678. The molecule has 22 heavy (non-hydrogen) atoms. The highest BCUT2D eigenvalue weighted by Crippen LogP contribution is 2.36. The van der Waals surface area contributed by atoms with Gasteiger partial charge in [0.2, 0.25) is 0 Å². The van der Waals surface area contributed by atoms with Crippen LogP contribution < -0.4 is 10.2 Å². The van der Waals surface area contributed by atoms with E-state index >= 15 is 0 Å². The molecule has 0 aliphatic carbocycles. The minimum absolute atomic E-state index is 0.0673. The van der Waals surface area contributed by atoms with Gasteiger partial charge >= 0.3 is 5.97 Å². The number of allylic oxidation sites excluding steroid dienone is 1. The van der Waals surface area contributed by atoms with Crippen molar-refractivity contribution in [1.82, 2.24) is 5.32 Å². The van der Waals surface area contributed by atoms with E-state index in [9.17, 15) is 9.59 Å². The average molecular weight is 298 g/mol. The van der Waals surface area contributed by atoms with Crippen LogP contribution in [0.4, 0.5) is 5.69 Å². The zero-order valence-corrected chi connectivity index (χ0v) is 12.5. The lowest BCUT2D eigenvalue weighted by molar-refractivity contribution is -0.138. The number of carbonyl (C=O) groups excluding carboxylic acids is 2. The summed E-state index contributed by atoms with van der Waals surface area (Å²) in [5.41, 5.74) is 2.95. The van der Waals surface area contributed by atoms with E-state index in [0.717, 1.165) is 11.4 Å². The molecule has 0 bridgehead atoms. The monoisotopic (exact) mass is 298 g/mol. The van der Waals surface area contributed by atoms with E-state index in [2.05, 4.69) is 11.9 Å². The topological polar surface area (TPSA) is 58.6 Å². The third-order valence-electron chi connectivity index (χ3n) is 4.06. The van der Waals surface area contributed by atoms with Gasteiger partial charge in [0, 0.05) is 5.70 Å². The van der Waals surface area contributed by atoms with Crippen molar-refractivity contribution >= 4 is 17.6 Å². The molecule has 2 heterocycles. The van der Waals surface area contributed by atoms with Crippen LogP contribution in [0, 0.1) is 0 Å². The second kappa shape index (κ2) is 5.67. The van der Waals surface area contributed by atoms with Crippen LogP contribution in [0.3, 0.4) is 0 Å². The Balaban J connectivity index is 2.01. The van der Waals surface area contributed by atoms with Gasteiger partial charge in [-0.3, -0.25) is 4.79 Å². The molecule has 1 aromatic rings. The van der Waals surface area contributed by atoms with Gasteiger partial charge in [0.1, 0.15) is 12.8 Å². The first-order valence-electron chi connectivity index (χ1n) is 7.30. The Morgan fingerprint density at radius 3 is 3.05 bits per heavy atom. The molecule has 2 aliphatic rings. The van der Waals surface area contributed by atoms with Crippen LogP contribution in [0.25, 0.3) is 0 Å². The molecule has 2 aliphatic heterocycles. The van der Waals surface area contributed by atoms with E-state index < -0.39 is 0 Å². The molecule has 3 rings (SSSR count).